The standard InChI is InChI=1S/C19H20FN5O/c1-11-7-12(2)19(14(4)26)13(3)16(11)9-21-18-8-15(5-6-17(18)20)25-10-22-23-24-25/h5-8,10,21H,9H2,1-4H3. The second-order valence-electron chi connectivity index (χ2n) is 6.32. The molecule has 1 aromatic heterocycles. The summed E-state index contributed by atoms with van der Waals surface area (Å²) >= 11 is 0. The van der Waals surface area contributed by atoms with Crippen molar-refractivity contribution in [2.24, 2.45) is 0 Å². The molecule has 0 fully saturated rings. The van der Waals surface area contributed by atoms with E-state index in [0.29, 0.717) is 17.9 Å². The first-order chi connectivity index (χ1) is 12.4. The lowest BCUT2D eigenvalue weighted by Gasteiger charge is -2.17. The van der Waals surface area contributed by atoms with Gasteiger partial charge in [-0.2, -0.15) is 0 Å². The third kappa shape index (κ3) is 3.33. The lowest BCUT2D eigenvalue weighted by molar-refractivity contribution is 0.101. The predicted molar refractivity (Wildman–Crippen MR) is 97.1 cm³/mol. The van der Waals surface area contributed by atoms with Gasteiger partial charge in [0.2, 0.25) is 0 Å². The molecule has 0 aliphatic heterocycles. The smallest absolute Gasteiger partial charge is 0.160 e. The average molecular weight is 353 g/mol. The largest absolute Gasteiger partial charge is 0.379 e. The van der Waals surface area contributed by atoms with Crippen LogP contribution in [-0.2, 0) is 6.54 Å². The Labute approximate surface area is 151 Å². The normalized spacial score (nSPS) is 10.8. The molecular weight excluding hydrogens is 333 g/mol. The number of nitrogens with zero attached hydrogens (tertiary/aromatic N) is 4. The molecule has 0 unspecified atom stereocenters. The van der Waals surface area contributed by atoms with E-state index in [1.165, 1.54) is 17.1 Å². The monoisotopic (exact) mass is 353 g/mol. The third-order valence-electron chi connectivity index (χ3n) is 4.50. The molecule has 0 amide bonds. The molecule has 0 bridgehead atoms. The number of halogens is 1. The molecule has 26 heavy (non-hydrogen) atoms. The summed E-state index contributed by atoms with van der Waals surface area (Å²) in [6.07, 6.45) is 1.45. The van der Waals surface area contributed by atoms with Crippen LogP contribution < -0.4 is 5.32 Å². The van der Waals surface area contributed by atoms with Crippen molar-refractivity contribution in [3.63, 3.8) is 0 Å². The zero-order valence-electron chi connectivity index (χ0n) is 15.2. The highest BCUT2D eigenvalue weighted by Crippen LogP contribution is 2.25. The van der Waals surface area contributed by atoms with E-state index in [9.17, 15) is 9.18 Å². The van der Waals surface area contributed by atoms with Crippen LogP contribution in [0.15, 0.2) is 30.6 Å². The first-order valence-corrected chi connectivity index (χ1v) is 8.26. The maximum absolute atomic E-state index is 14.2. The summed E-state index contributed by atoms with van der Waals surface area (Å²) in [5, 5.41) is 14.1. The zero-order chi connectivity index (χ0) is 18.8. The molecule has 0 aliphatic carbocycles. The highest BCUT2D eigenvalue weighted by atomic mass is 19.1. The molecule has 0 saturated heterocycles. The summed E-state index contributed by atoms with van der Waals surface area (Å²) in [5.74, 6) is -0.329. The number of carbonyl (C=O) groups excluding carboxylic acids is 1. The molecule has 0 radical (unpaired) electrons. The highest BCUT2D eigenvalue weighted by molar-refractivity contribution is 5.97. The number of anilines is 1. The summed E-state index contributed by atoms with van der Waals surface area (Å²) in [5.41, 5.74) is 5.68. The number of hydrogen-bond acceptors (Lipinski definition) is 5. The van der Waals surface area contributed by atoms with Crippen molar-refractivity contribution in [3.05, 3.63) is 64.2 Å². The first-order valence-electron chi connectivity index (χ1n) is 8.26. The molecule has 3 aromatic rings. The van der Waals surface area contributed by atoms with Gasteiger partial charge in [-0.1, -0.05) is 6.07 Å². The fourth-order valence-corrected chi connectivity index (χ4v) is 3.29. The molecule has 0 atom stereocenters. The fourth-order valence-electron chi connectivity index (χ4n) is 3.29. The van der Waals surface area contributed by atoms with Crippen LogP contribution in [0.3, 0.4) is 0 Å². The molecular formula is C19H20FN5O. The molecule has 0 spiro atoms. The van der Waals surface area contributed by atoms with E-state index in [2.05, 4.69) is 20.8 Å². The van der Waals surface area contributed by atoms with Gasteiger partial charge in [-0.05, 0) is 78.6 Å². The number of nitrogens with one attached hydrogen (secondary N) is 1. The number of aryl methyl sites for hydroxylation is 2. The number of Topliss-reactive ketones (excluding diaryl/α,β-unsaturated/α-hetero) is 1. The Morgan fingerprint density at radius 3 is 2.62 bits per heavy atom. The quantitative estimate of drug-likeness (QED) is 0.710. The topological polar surface area (TPSA) is 72.7 Å². The van der Waals surface area contributed by atoms with Gasteiger partial charge in [0.25, 0.3) is 0 Å². The molecule has 0 aliphatic rings. The van der Waals surface area contributed by atoms with Gasteiger partial charge in [0, 0.05) is 12.1 Å². The highest BCUT2D eigenvalue weighted by Gasteiger charge is 2.15. The van der Waals surface area contributed by atoms with E-state index in [0.717, 1.165) is 27.8 Å². The number of aromatic nitrogens is 4. The van der Waals surface area contributed by atoms with Gasteiger partial charge in [0.05, 0.1) is 11.4 Å². The summed E-state index contributed by atoms with van der Waals surface area (Å²) in [6.45, 7) is 7.84. The van der Waals surface area contributed by atoms with Crippen molar-refractivity contribution in [1.82, 2.24) is 20.2 Å². The molecule has 134 valence electrons. The van der Waals surface area contributed by atoms with Gasteiger partial charge in [-0.15, -0.1) is 5.10 Å². The molecule has 2 aromatic carbocycles. The van der Waals surface area contributed by atoms with E-state index in [-0.39, 0.29) is 11.6 Å². The molecule has 0 saturated carbocycles. The molecule has 6 nitrogen and oxygen atoms in total. The molecule has 7 heteroatoms. The van der Waals surface area contributed by atoms with Gasteiger partial charge >= 0.3 is 0 Å². The van der Waals surface area contributed by atoms with Crippen LogP contribution in [0.4, 0.5) is 10.1 Å². The number of ketones is 1. The Balaban J connectivity index is 1.91. The van der Waals surface area contributed by atoms with E-state index >= 15 is 0 Å². The Hall–Kier alpha value is -3.09. The zero-order valence-corrected chi connectivity index (χ0v) is 15.2. The molecule has 1 heterocycles. The van der Waals surface area contributed by atoms with Crippen molar-refractivity contribution in [2.75, 3.05) is 5.32 Å². The molecule has 3 rings (SSSR count). The first kappa shape index (κ1) is 17.7. The van der Waals surface area contributed by atoms with Crippen molar-refractivity contribution in [1.29, 1.82) is 0 Å². The minimum atomic E-state index is -0.365. The van der Waals surface area contributed by atoms with E-state index in [4.69, 9.17) is 0 Å². The minimum absolute atomic E-state index is 0.0353. The van der Waals surface area contributed by atoms with Gasteiger partial charge in [0.15, 0.2) is 5.78 Å². The Morgan fingerprint density at radius 1 is 1.19 bits per heavy atom. The van der Waals surface area contributed by atoms with Gasteiger partial charge < -0.3 is 5.32 Å². The second kappa shape index (κ2) is 7.03. The summed E-state index contributed by atoms with van der Waals surface area (Å²) in [6, 6.07) is 6.62. The van der Waals surface area contributed by atoms with Crippen LogP contribution in [0, 0.1) is 26.6 Å². The average Bonchev–Trinajstić information content (AvgIpc) is 3.09. The van der Waals surface area contributed by atoms with Crippen LogP contribution in [0.1, 0.15) is 39.5 Å². The Bertz CT molecular complexity index is 967. The van der Waals surface area contributed by atoms with Crippen LogP contribution in [0.25, 0.3) is 5.69 Å². The van der Waals surface area contributed by atoms with Crippen molar-refractivity contribution in [3.8, 4) is 5.69 Å². The van der Waals surface area contributed by atoms with E-state index in [1.54, 1.807) is 19.1 Å². The number of carbonyl (C=O) groups is 1. The van der Waals surface area contributed by atoms with Gasteiger partial charge in [0.1, 0.15) is 12.1 Å². The maximum Gasteiger partial charge on any atom is 0.160 e. The maximum atomic E-state index is 14.2. The lowest BCUT2D eigenvalue weighted by atomic mass is 9.91. The van der Waals surface area contributed by atoms with Gasteiger partial charge in [-0.25, -0.2) is 9.07 Å². The van der Waals surface area contributed by atoms with E-state index in [1.807, 2.05) is 26.8 Å². The van der Waals surface area contributed by atoms with Crippen LogP contribution in [0.5, 0.6) is 0 Å². The lowest BCUT2D eigenvalue weighted by Crippen LogP contribution is -2.10. The predicted octanol–water partition coefficient (Wildman–Crippen LogP) is 3.54. The molecule has 1 N–H and O–H groups in total. The SMILES string of the molecule is CC(=O)c1c(C)cc(C)c(CNc2cc(-n3cnnn3)ccc2F)c1C. The summed E-state index contributed by atoms with van der Waals surface area (Å²) in [7, 11) is 0. The number of benzene rings is 2. The van der Waals surface area contributed by atoms with Crippen LogP contribution in [0.2, 0.25) is 0 Å². The summed E-state index contributed by atoms with van der Waals surface area (Å²) < 4.78 is 15.7. The number of hydrogen-bond donors (Lipinski definition) is 1. The number of rotatable bonds is 5. The Morgan fingerprint density at radius 2 is 1.96 bits per heavy atom. The van der Waals surface area contributed by atoms with Crippen LogP contribution >= 0.6 is 0 Å². The Kier molecular flexibility index (Phi) is 4.79. The fraction of sp³-hybridized carbons (Fsp3) is 0.263. The van der Waals surface area contributed by atoms with Crippen molar-refractivity contribution in [2.45, 2.75) is 34.2 Å². The summed E-state index contributed by atoms with van der Waals surface area (Å²) in [4.78, 5) is 12.0. The van der Waals surface area contributed by atoms with Crippen molar-refractivity contribution < 1.29 is 9.18 Å². The number of tetrazole rings is 1. The van der Waals surface area contributed by atoms with Gasteiger partial charge in [-0.3, -0.25) is 4.79 Å². The van der Waals surface area contributed by atoms with E-state index < -0.39 is 0 Å². The third-order valence-corrected chi connectivity index (χ3v) is 4.50. The van der Waals surface area contributed by atoms with Crippen molar-refractivity contribution >= 4 is 11.5 Å². The minimum Gasteiger partial charge on any atom is -0.379 e. The second-order valence-corrected chi connectivity index (χ2v) is 6.32. The van der Waals surface area contributed by atoms with Crippen LogP contribution in [-0.4, -0.2) is 26.0 Å².